The fourth-order valence-corrected chi connectivity index (χ4v) is 5.67. The third-order valence-electron chi connectivity index (χ3n) is 6.80. The largest absolute Gasteiger partial charge is 0.444 e. The zero-order valence-electron chi connectivity index (χ0n) is 19.6. The second-order valence-corrected chi connectivity index (χ2v) is 10.8. The molecule has 178 valence electrons. The van der Waals surface area contributed by atoms with Crippen LogP contribution in [0.4, 0.5) is 4.79 Å². The number of thiocarbonyl (C=S) groups is 1. The summed E-state index contributed by atoms with van der Waals surface area (Å²) in [6.45, 7) is 6.75. The summed E-state index contributed by atoms with van der Waals surface area (Å²) in [5.74, 6) is 0.428. The number of pyridine rings is 2. The maximum atomic E-state index is 14.0. The molecule has 2 aromatic heterocycles. The van der Waals surface area contributed by atoms with Gasteiger partial charge in [0.2, 0.25) is 0 Å². The Bertz CT molecular complexity index is 1050. The van der Waals surface area contributed by atoms with Crippen LogP contribution in [0.3, 0.4) is 0 Å². The number of nitrogens with one attached hydrogen (secondary N) is 1. The lowest BCUT2D eigenvalue weighted by molar-refractivity contribution is -0.131. The lowest BCUT2D eigenvalue weighted by Gasteiger charge is -2.29. The van der Waals surface area contributed by atoms with Crippen LogP contribution >= 0.6 is 12.2 Å². The summed E-state index contributed by atoms with van der Waals surface area (Å²) in [6.07, 6.45) is 7.65. The molecule has 9 heteroatoms. The molecule has 2 amide bonds. The molecule has 2 aliphatic heterocycles. The molecule has 5 rings (SSSR count). The molecule has 1 saturated carbocycles. The molecule has 3 fully saturated rings. The fraction of sp³-hybridized carbons (Fsp3) is 0.480. The highest BCUT2D eigenvalue weighted by Gasteiger charge is 2.65. The second-order valence-electron chi connectivity index (χ2n) is 10.5. The van der Waals surface area contributed by atoms with Crippen LogP contribution in [0.25, 0.3) is 0 Å². The number of hydrogen-bond acceptors (Lipinski definition) is 6. The first-order valence-corrected chi connectivity index (χ1v) is 12.0. The normalized spacial score (nSPS) is 25.2. The van der Waals surface area contributed by atoms with Gasteiger partial charge in [-0.05, 0) is 68.4 Å². The topological polar surface area (TPSA) is 87.7 Å². The van der Waals surface area contributed by atoms with Gasteiger partial charge in [0, 0.05) is 68.6 Å². The number of carbonyl (C=O) groups is 2. The van der Waals surface area contributed by atoms with Crippen LogP contribution in [-0.2, 0) is 22.4 Å². The molecule has 2 atom stereocenters. The summed E-state index contributed by atoms with van der Waals surface area (Å²) >= 11 is 5.71. The number of ether oxygens (including phenoxy) is 1. The number of nitrogens with zero attached hydrogens (tertiary/aromatic N) is 4. The SMILES string of the molecule is CC(C)(C)OC(=O)N1CC2C(C1)C2N1C(=O)C(Cc2ccncc2)(Cc2ccncc2)NC1=S. The average molecular weight is 480 g/mol. The highest BCUT2D eigenvalue weighted by atomic mass is 32.1. The summed E-state index contributed by atoms with van der Waals surface area (Å²) in [4.78, 5) is 38.2. The first-order chi connectivity index (χ1) is 16.2. The van der Waals surface area contributed by atoms with Crippen molar-refractivity contribution in [3.63, 3.8) is 0 Å². The Balaban J connectivity index is 1.34. The maximum Gasteiger partial charge on any atom is 0.410 e. The zero-order valence-corrected chi connectivity index (χ0v) is 20.4. The van der Waals surface area contributed by atoms with Gasteiger partial charge >= 0.3 is 6.09 Å². The van der Waals surface area contributed by atoms with Crippen LogP contribution in [-0.4, -0.2) is 67.2 Å². The van der Waals surface area contributed by atoms with Crippen molar-refractivity contribution in [2.75, 3.05) is 13.1 Å². The number of amides is 2. The van der Waals surface area contributed by atoms with Crippen LogP contribution in [0.5, 0.6) is 0 Å². The van der Waals surface area contributed by atoms with Crippen molar-refractivity contribution < 1.29 is 14.3 Å². The number of rotatable bonds is 5. The summed E-state index contributed by atoms with van der Waals surface area (Å²) in [6, 6.07) is 7.74. The summed E-state index contributed by atoms with van der Waals surface area (Å²) in [7, 11) is 0. The maximum absolute atomic E-state index is 14.0. The summed E-state index contributed by atoms with van der Waals surface area (Å²) in [5, 5.41) is 3.87. The van der Waals surface area contributed by atoms with E-state index in [1.807, 2.05) is 45.0 Å². The van der Waals surface area contributed by atoms with E-state index >= 15 is 0 Å². The van der Waals surface area contributed by atoms with Crippen molar-refractivity contribution in [3.05, 3.63) is 60.2 Å². The quantitative estimate of drug-likeness (QED) is 0.660. The van der Waals surface area contributed by atoms with Gasteiger partial charge in [0.05, 0.1) is 0 Å². The van der Waals surface area contributed by atoms with Gasteiger partial charge in [-0.25, -0.2) is 4.79 Å². The van der Waals surface area contributed by atoms with Crippen molar-refractivity contribution in [2.45, 2.75) is 50.8 Å². The van der Waals surface area contributed by atoms with Crippen molar-refractivity contribution in [1.29, 1.82) is 0 Å². The lowest BCUT2D eigenvalue weighted by Crippen LogP contribution is -2.51. The van der Waals surface area contributed by atoms with Crippen molar-refractivity contribution >= 4 is 29.3 Å². The van der Waals surface area contributed by atoms with Crippen molar-refractivity contribution in [2.24, 2.45) is 11.8 Å². The Hall–Kier alpha value is -3.07. The van der Waals surface area contributed by atoms with Crippen LogP contribution in [0.1, 0.15) is 31.9 Å². The van der Waals surface area contributed by atoms with E-state index in [-0.39, 0.29) is 29.9 Å². The van der Waals surface area contributed by atoms with Gasteiger partial charge in [-0.2, -0.15) is 0 Å². The summed E-state index contributed by atoms with van der Waals surface area (Å²) in [5.41, 5.74) is 0.629. The Morgan fingerprint density at radius 1 is 1.06 bits per heavy atom. The predicted molar refractivity (Wildman–Crippen MR) is 130 cm³/mol. The van der Waals surface area contributed by atoms with E-state index in [0.717, 1.165) is 11.1 Å². The molecular formula is C25H29N5O3S. The summed E-state index contributed by atoms with van der Waals surface area (Å²) < 4.78 is 5.52. The molecule has 4 heterocycles. The molecule has 0 bridgehead atoms. The monoisotopic (exact) mass is 479 g/mol. The smallest absolute Gasteiger partial charge is 0.410 e. The molecule has 3 aliphatic rings. The van der Waals surface area contributed by atoms with Gasteiger partial charge in [-0.3, -0.25) is 19.7 Å². The van der Waals surface area contributed by atoms with Crippen molar-refractivity contribution in [3.8, 4) is 0 Å². The Labute approximate surface area is 204 Å². The Kier molecular flexibility index (Phi) is 5.55. The van der Waals surface area contributed by atoms with E-state index < -0.39 is 11.1 Å². The minimum Gasteiger partial charge on any atom is -0.444 e. The van der Waals surface area contributed by atoms with Gasteiger partial charge in [-0.15, -0.1) is 0 Å². The van der Waals surface area contributed by atoms with Gasteiger partial charge < -0.3 is 15.0 Å². The number of fused-ring (bicyclic) bond motifs is 1. The Morgan fingerprint density at radius 2 is 1.56 bits per heavy atom. The minimum atomic E-state index is -0.873. The molecule has 1 aliphatic carbocycles. The third kappa shape index (κ3) is 4.24. The first-order valence-electron chi connectivity index (χ1n) is 11.6. The molecule has 0 aromatic carbocycles. The molecule has 2 aromatic rings. The van der Waals surface area contributed by atoms with Gasteiger partial charge in [0.1, 0.15) is 11.1 Å². The second kappa shape index (κ2) is 8.30. The highest BCUT2D eigenvalue weighted by Crippen LogP contribution is 2.51. The predicted octanol–water partition coefficient (Wildman–Crippen LogP) is 2.58. The Morgan fingerprint density at radius 3 is 2.03 bits per heavy atom. The van der Waals surface area contributed by atoms with Gasteiger partial charge in [-0.1, -0.05) is 0 Å². The fourth-order valence-electron chi connectivity index (χ4n) is 5.27. The highest BCUT2D eigenvalue weighted by molar-refractivity contribution is 7.80. The average Bonchev–Trinajstić information content (AvgIpc) is 3.13. The molecule has 2 saturated heterocycles. The van der Waals surface area contributed by atoms with Gasteiger partial charge in [0.15, 0.2) is 5.11 Å². The van der Waals surface area contributed by atoms with Crippen LogP contribution < -0.4 is 5.32 Å². The molecular weight excluding hydrogens is 450 g/mol. The number of aromatic nitrogens is 2. The number of likely N-dealkylation sites (tertiary alicyclic amines) is 1. The molecule has 34 heavy (non-hydrogen) atoms. The first kappa shape index (κ1) is 22.7. The third-order valence-corrected chi connectivity index (χ3v) is 7.10. The number of piperidine rings is 1. The van der Waals surface area contributed by atoms with E-state index in [9.17, 15) is 9.59 Å². The minimum absolute atomic E-state index is 0.00524. The molecule has 0 spiro atoms. The number of carbonyl (C=O) groups excluding carboxylic acids is 2. The van der Waals surface area contributed by atoms with Crippen LogP contribution in [0.15, 0.2) is 49.1 Å². The molecule has 2 unspecified atom stereocenters. The van der Waals surface area contributed by atoms with E-state index in [1.165, 1.54) is 0 Å². The zero-order chi connectivity index (χ0) is 24.1. The van der Waals surface area contributed by atoms with Crippen molar-refractivity contribution in [1.82, 2.24) is 25.1 Å². The number of hydrogen-bond donors (Lipinski definition) is 1. The molecule has 0 radical (unpaired) electrons. The van der Waals surface area contributed by atoms with E-state index in [1.54, 1.807) is 34.6 Å². The lowest BCUT2D eigenvalue weighted by atomic mass is 9.85. The van der Waals surface area contributed by atoms with Crippen LogP contribution in [0, 0.1) is 11.8 Å². The standard InChI is InChI=1S/C25H29N5O3S/c1-24(2,3)33-23(32)29-14-18-19(15-29)20(18)30-21(31)25(28-22(30)34,12-16-4-8-26-9-5-16)13-17-6-10-27-11-7-17/h4-11,18-20H,12-15H2,1-3H3,(H,28,34). The van der Waals surface area contributed by atoms with E-state index in [2.05, 4.69) is 15.3 Å². The van der Waals surface area contributed by atoms with Crippen LogP contribution in [0.2, 0.25) is 0 Å². The van der Waals surface area contributed by atoms with Gasteiger partial charge in [0.25, 0.3) is 5.91 Å². The molecule has 1 N–H and O–H groups in total. The van der Waals surface area contributed by atoms with E-state index in [4.69, 9.17) is 17.0 Å². The molecule has 8 nitrogen and oxygen atoms in total. The van der Waals surface area contributed by atoms with E-state index in [0.29, 0.717) is 31.0 Å².